The molecule has 5 nitrogen and oxygen atoms in total. The molecule has 50 heavy (non-hydrogen) atoms. The molecule has 2 N–H and O–H groups in total. The second kappa shape index (κ2) is 43.5. The highest BCUT2D eigenvalue weighted by Crippen LogP contribution is 2.30. The molecule has 0 radical (unpaired) electrons. The summed E-state index contributed by atoms with van der Waals surface area (Å²) in [5.74, 6) is 0. The Labute approximate surface area is 314 Å². The average Bonchev–Trinajstić information content (AvgIpc) is 3.10. The van der Waals surface area contributed by atoms with Gasteiger partial charge in [0.25, 0.3) is 0 Å². The smallest absolute Gasteiger partial charge is 0.323 e. The molecular formula is C44H91O5P. The molecule has 0 saturated carbocycles. The van der Waals surface area contributed by atoms with Crippen LogP contribution < -0.4 is 0 Å². The number of aliphatic hydroxyl groups is 2. The van der Waals surface area contributed by atoms with Crippen LogP contribution in [-0.2, 0) is 13.6 Å². The molecule has 0 aliphatic rings. The summed E-state index contributed by atoms with van der Waals surface area (Å²) in [7, 11) is -2.89. The minimum absolute atomic E-state index is 0.466. The van der Waals surface area contributed by atoms with E-state index >= 15 is 0 Å². The summed E-state index contributed by atoms with van der Waals surface area (Å²) in [6.07, 6.45) is 49.5. The molecule has 0 heterocycles. The zero-order valence-electron chi connectivity index (χ0n) is 34.1. The van der Waals surface area contributed by atoms with Gasteiger partial charge in [-0.15, -0.1) is 0 Å². The van der Waals surface area contributed by atoms with Crippen molar-refractivity contribution in [2.45, 2.75) is 283 Å². The van der Waals surface area contributed by atoms with Crippen LogP contribution in [0.4, 0.5) is 0 Å². The lowest BCUT2D eigenvalue weighted by Crippen LogP contribution is -2.12. The van der Waals surface area contributed by atoms with E-state index < -0.39 is 20.8 Å². The first-order valence-electron chi connectivity index (χ1n) is 22.8. The van der Waals surface area contributed by atoms with Crippen LogP contribution in [0.1, 0.15) is 271 Å². The second-order valence-corrected chi connectivity index (χ2v) is 16.7. The molecule has 2 atom stereocenters. The highest BCUT2D eigenvalue weighted by Gasteiger charge is 2.14. The van der Waals surface area contributed by atoms with Crippen molar-refractivity contribution in [3.8, 4) is 0 Å². The lowest BCUT2D eigenvalue weighted by molar-refractivity contribution is -0.0648. The Morgan fingerprint density at radius 1 is 0.320 bits per heavy atom. The Morgan fingerprint density at radius 2 is 0.480 bits per heavy atom. The van der Waals surface area contributed by atoms with Crippen molar-refractivity contribution in [3.63, 3.8) is 0 Å². The van der Waals surface area contributed by atoms with Crippen molar-refractivity contribution in [1.29, 1.82) is 0 Å². The molecule has 0 aliphatic heterocycles. The molecule has 0 bridgehead atoms. The second-order valence-electron chi connectivity index (χ2n) is 15.7. The third-order valence-corrected chi connectivity index (χ3v) is 11.5. The summed E-state index contributed by atoms with van der Waals surface area (Å²) < 4.78 is 22.3. The molecule has 0 aromatic rings. The maximum atomic E-state index is 12.1. The summed E-state index contributed by atoms with van der Waals surface area (Å²) in [5.41, 5.74) is 0. The first kappa shape index (κ1) is 50.1. The molecule has 302 valence electrons. The van der Waals surface area contributed by atoms with Gasteiger partial charge >= 0.3 is 8.25 Å². The highest BCUT2D eigenvalue weighted by molar-refractivity contribution is 7.33. The van der Waals surface area contributed by atoms with E-state index in [0.29, 0.717) is 12.8 Å². The van der Waals surface area contributed by atoms with Crippen molar-refractivity contribution in [3.05, 3.63) is 0 Å². The lowest BCUT2D eigenvalue weighted by atomic mass is 10.0. The largest absolute Gasteiger partial charge is 0.368 e. The summed E-state index contributed by atoms with van der Waals surface area (Å²) in [4.78, 5) is 0. The Kier molecular flexibility index (Phi) is 43.5. The van der Waals surface area contributed by atoms with Gasteiger partial charge in [-0.1, -0.05) is 245 Å². The monoisotopic (exact) mass is 731 g/mol. The summed E-state index contributed by atoms with van der Waals surface area (Å²) in [6, 6.07) is 0. The Morgan fingerprint density at radius 3 is 0.660 bits per heavy atom. The molecule has 0 aliphatic carbocycles. The minimum atomic E-state index is -2.89. The fraction of sp³-hybridized carbons (Fsp3) is 1.00. The molecule has 0 saturated heterocycles. The molecule has 0 fully saturated rings. The van der Waals surface area contributed by atoms with E-state index in [4.69, 9.17) is 9.05 Å². The van der Waals surface area contributed by atoms with Crippen molar-refractivity contribution in [1.82, 2.24) is 0 Å². The Hall–Kier alpha value is 0.0700. The summed E-state index contributed by atoms with van der Waals surface area (Å²) in [6.45, 7) is 4.57. The van der Waals surface area contributed by atoms with Crippen molar-refractivity contribution in [2.24, 2.45) is 0 Å². The number of hydrogen-bond donors (Lipinski definition) is 2. The predicted octanol–water partition coefficient (Wildman–Crippen LogP) is 15.7. The molecular weight excluding hydrogens is 639 g/mol. The van der Waals surface area contributed by atoms with E-state index in [1.165, 1.54) is 218 Å². The fourth-order valence-electron chi connectivity index (χ4n) is 7.16. The van der Waals surface area contributed by atoms with Gasteiger partial charge in [0.1, 0.15) is 0 Å². The maximum Gasteiger partial charge on any atom is 0.323 e. The average molecular weight is 731 g/mol. The molecule has 2 unspecified atom stereocenters. The normalized spacial score (nSPS) is 13.6. The van der Waals surface area contributed by atoms with Gasteiger partial charge in [0.2, 0.25) is 0 Å². The van der Waals surface area contributed by atoms with Crippen molar-refractivity contribution in [2.75, 3.05) is 0 Å². The van der Waals surface area contributed by atoms with Gasteiger partial charge in [-0.25, -0.2) is 0 Å². The zero-order chi connectivity index (χ0) is 36.4. The molecule has 0 spiro atoms. The molecule has 0 rings (SSSR count). The van der Waals surface area contributed by atoms with E-state index in [-0.39, 0.29) is 0 Å². The van der Waals surface area contributed by atoms with Gasteiger partial charge < -0.3 is 10.2 Å². The van der Waals surface area contributed by atoms with Crippen LogP contribution in [0.15, 0.2) is 0 Å². The zero-order valence-corrected chi connectivity index (χ0v) is 35.1. The molecule has 0 aromatic carbocycles. The third-order valence-electron chi connectivity index (χ3n) is 10.6. The first-order valence-corrected chi connectivity index (χ1v) is 24.1. The van der Waals surface area contributed by atoms with Crippen molar-refractivity contribution < 1.29 is 23.8 Å². The number of unbranched alkanes of at least 4 members (excludes halogenated alkanes) is 36. The number of hydrogen-bond acceptors (Lipinski definition) is 5. The van der Waals surface area contributed by atoms with Gasteiger partial charge in [0.15, 0.2) is 12.6 Å². The number of rotatable bonds is 44. The van der Waals surface area contributed by atoms with Crippen LogP contribution in [-0.4, -0.2) is 22.8 Å². The van der Waals surface area contributed by atoms with Gasteiger partial charge in [-0.3, -0.25) is 13.6 Å². The summed E-state index contributed by atoms with van der Waals surface area (Å²) in [5, 5.41) is 20.1. The minimum Gasteiger partial charge on any atom is -0.368 e. The van der Waals surface area contributed by atoms with E-state index in [1.807, 2.05) is 0 Å². The van der Waals surface area contributed by atoms with Gasteiger partial charge in [-0.05, 0) is 25.7 Å². The van der Waals surface area contributed by atoms with E-state index in [9.17, 15) is 14.8 Å². The predicted molar refractivity (Wildman–Crippen MR) is 219 cm³/mol. The summed E-state index contributed by atoms with van der Waals surface area (Å²) >= 11 is 0. The van der Waals surface area contributed by atoms with Crippen LogP contribution >= 0.6 is 8.25 Å². The van der Waals surface area contributed by atoms with E-state index in [2.05, 4.69) is 13.8 Å². The first-order chi connectivity index (χ1) is 24.6. The molecule has 0 amide bonds. The quantitative estimate of drug-likeness (QED) is 0.0371. The van der Waals surface area contributed by atoms with E-state index in [1.54, 1.807) is 0 Å². The fourth-order valence-corrected chi connectivity index (χ4v) is 7.90. The molecule has 0 aromatic heterocycles. The lowest BCUT2D eigenvalue weighted by Gasteiger charge is -2.15. The topological polar surface area (TPSA) is 76.0 Å². The van der Waals surface area contributed by atoms with Crippen LogP contribution in [0.25, 0.3) is 0 Å². The van der Waals surface area contributed by atoms with Crippen LogP contribution in [0.3, 0.4) is 0 Å². The van der Waals surface area contributed by atoms with Crippen LogP contribution in [0.2, 0.25) is 0 Å². The third kappa shape index (κ3) is 42.5. The maximum absolute atomic E-state index is 12.1. The highest BCUT2D eigenvalue weighted by atomic mass is 31.1. The molecule has 6 heteroatoms. The Balaban J connectivity index is 3.35. The van der Waals surface area contributed by atoms with E-state index in [0.717, 1.165) is 25.7 Å². The van der Waals surface area contributed by atoms with Crippen LogP contribution in [0.5, 0.6) is 0 Å². The standard InChI is InChI=1S/C44H91O5P/c1-3-5-7-9-11-13-15-17-19-21-23-25-27-29-31-33-35-37-39-41-43(45)48-50(47)49-44(46)42-40-38-36-34-32-30-28-26-24-22-20-18-16-14-12-10-8-6-4-2/h43-46,50H,3-42H2,1-2H3. The van der Waals surface area contributed by atoms with Crippen molar-refractivity contribution >= 4 is 8.25 Å². The van der Waals surface area contributed by atoms with Crippen LogP contribution in [0, 0.1) is 0 Å². The van der Waals surface area contributed by atoms with Gasteiger partial charge in [-0.2, -0.15) is 0 Å². The van der Waals surface area contributed by atoms with Gasteiger partial charge in [0, 0.05) is 0 Å². The van der Waals surface area contributed by atoms with Gasteiger partial charge in [0.05, 0.1) is 0 Å². The Bertz CT molecular complexity index is 596. The number of aliphatic hydroxyl groups excluding tert-OH is 2. The SMILES string of the molecule is CCCCCCCCCCCCCCCCCCCCCC(O)O[PH](=O)OC(O)CCCCCCCCCCCCCCCCCCCCC.